The number of sulfonamides is 1. The number of hydrogen-bond donors (Lipinski definition) is 1. The first kappa shape index (κ1) is 21.6. The van der Waals surface area contributed by atoms with Gasteiger partial charge in [-0.3, -0.25) is 4.79 Å². The molecular formula is C23H28N2O5S. The summed E-state index contributed by atoms with van der Waals surface area (Å²) in [5.41, 5.74) is 1.31. The minimum atomic E-state index is -3.53. The molecule has 0 saturated carbocycles. The van der Waals surface area contributed by atoms with Crippen LogP contribution >= 0.6 is 0 Å². The summed E-state index contributed by atoms with van der Waals surface area (Å²) in [5, 5.41) is 2.95. The van der Waals surface area contributed by atoms with Gasteiger partial charge >= 0.3 is 0 Å². The van der Waals surface area contributed by atoms with Gasteiger partial charge in [0.2, 0.25) is 10.0 Å². The monoisotopic (exact) mass is 444 g/mol. The van der Waals surface area contributed by atoms with Crippen LogP contribution in [0.4, 0.5) is 0 Å². The van der Waals surface area contributed by atoms with Crippen LogP contribution in [-0.2, 0) is 10.0 Å². The van der Waals surface area contributed by atoms with Gasteiger partial charge in [-0.15, -0.1) is 0 Å². The van der Waals surface area contributed by atoms with Gasteiger partial charge in [-0.25, -0.2) is 8.42 Å². The van der Waals surface area contributed by atoms with Gasteiger partial charge in [0.15, 0.2) is 11.5 Å². The van der Waals surface area contributed by atoms with E-state index in [1.165, 1.54) is 16.4 Å². The zero-order valence-corrected chi connectivity index (χ0v) is 18.7. The van der Waals surface area contributed by atoms with Gasteiger partial charge in [-0.05, 0) is 67.6 Å². The summed E-state index contributed by atoms with van der Waals surface area (Å²) in [7, 11) is -3.53. The molecule has 8 heteroatoms. The molecule has 0 unspecified atom stereocenters. The van der Waals surface area contributed by atoms with Gasteiger partial charge < -0.3 is 14.8 Å². The molecular weight excluding hydrogens is 416 g/mol. The van der Waals surface area contributed by atoms with Crippen molar-refractivity contribution in [3.63, 3.8) is 0 Å². The van der Waals surface area contributed by atoms with Crippen LogP contribution in [0.15, 0.2) is 47.4 Å². The Kier molecular flexibility index (Phi) is 6.20. The molecule has 0 radical (unpaired) electrons. The summed E-state index contributed by atoms with van der Waals surface area (Å²) in [5.74, 6) is 1.66. The molecule has 2 aromatic carbocycles. The summed E-state index contributed by atoms with van der Waals surface area (Å²) in [6, 6.07) is 11.5. The highest BCUT2D eigenvalue weighted by molar-refractivity contribution is 7.89. The fourth-order valence-corrected chi connectivity index (χ4v) is 5.31. The molecule has 1 fully saturated rings. The fourth-order valence-electron chi connectivity index (χ4n) is 3.85. The zero-order chi connectivity index (χ0) is 22.0. The van der Waals surface area contributed by atoms with Crippen LogP contribution in [0.25, 0.3) is 0 Å². The SMILES string of the molecule is CC1CCN(S(=O)(=O)c2ccc(C(=O)N[C@H](C)c3ccc4c(c3)OCCO4)cc2)CC1. The third-order valence-corrected chi connectivity index (χ3v) is 7.82. The highest BCUT2D eigenvalue weighted by Gasteiger charge is 2.28. The minimum Gasteiger partial charge on any atom is -0.486 e. The normalized spacial score (nSPS) is 18.4. The molecule has 0 bridgehead atoms. The Balaban J connectivity index is 1.42. The summed E-state index contributed by atoms with van der Waals surface area (Å²) >= 11 is 0. The number of nitrogens with one attached hydrogen (secondary N) is 1. The molecule has 2 aromatic rings. The topological polar surface area (TPSA) is 84.9 Å². The highest BCUT2D eigenvalue weighted by atomic mass is 32.2. The zero-order valence-electron chi connectivity index (χ0n) is 17.8. The number of benzene rings is 2. The van der Waals surface area contributed by atoms with Gasteiger partial charge in [0.1, 0.15) is 13.2 Å². The second kappa shape index (κ2) is 8.88. The Morgan fingerprint density at radius 3 is 2.35 bits per heavy atom. The van der Waals surface area contributed by atoms with E-state index in [1.54, 1.807) is 12.1 Å². The fraction of sp³-hybridized carbons (Fsp3) is 0.435. The van der Waals surface area contributed by atoms with Crippen molar-refractivity contribution in [3.05, 3.63) is 53.6 Å². The predicted molar refractivity (Wildman–Crippen MR) is 117 cm³/mol. The molecule has 0 aromatic heterocycles. The lowest BCUT2D eigenvalue weighted by atomic mass is 10.0. The molecule has 1 atom stereocenters. The maximum atomic E-state index is 12.9. The van der Waals surface area contributed by atoms with E-state index in [9.17, 15) is 13.2 Å². The number of nitrogens with zero attached hydrogens (tertiary/aromatic N) is 1. The molecule has 0 spiro atoms. The van der Waals surface area contributed by atoms with Crippen LogP contribution < -0.4 is 14.8 Å². The van der Waals surface area contributed by atoms with Crippen LogP contribution in [0.5, 0.6) is 11.5 Å². The summed E-state index contributed by atoms with van der Waals surface area (Å²) in [6.45, 7) is 6.14. The molecule has 2 heterocycles. The third-order valence-electron chi connectivity index (χ3n) is 5.91. The number of carbonyl (C=O) groups excluding carboxylic acids is 1. The summed E-state index contributed by atoms with van der Waals surface area (Å²) < 4.78 is 38.4. The van der Waals surface area contributed by atoms with E-state index in [0.717, 1.165) is 18.4 Å². The lowest BCUT2D eigenvalue weighted by Crippen LogP contribution is -2.37. The van der Waals surface area contributed by atoms with E-state index in [-0.39, 0.29) is 16.8 Å². The minimum absolute atomic E-state index is 0.221. The predicted octanol–water partition coefficient (Wildman–Crippen LogP) is 3.37. The highest BCUT2D eigenvalue weighted by Crippen LogP contribution is 2.32. The molecule has 4 rings (SSSR count). The van der Waals surface area contributed by atoms with Crippen molar-refractivity contribution in [3.8, 4) is 11.5 Å². The maximum Gasteiger partial charge on any atom is 0.251 e. The number of amides is 1. The van der Waals surface area contributed by atoms with E-state index in [0.29, 0.717) is 49.3 Å². The number of hydrogen-bond acceptors (Lipinski definition) is 5. The van der Waals surface area contributed by atoms with Gasteiger partial charge in [0, 0.05) is 18.7 Å². The second-order valence-electron chi connectivity index (χ2n) is 8.21. The van der Waals surface area contributed by atoms with Crippen LogP contribution in [0.2, 0.25) is 0 Å². The standard InChI is InChI=1S/C23H28N2O5S/c1-16-9-11-25(12-10-16)31(27,28)20-6-3-18(4-7-20)23(26)24-17(2)19-5-8-21-22(15-19)30-14-13-29-21/h3-8,15-17H,9-14H2,1-2H3,(H,24,26)/t17-/m1/s1. The first-order chi connectivity index (χ1) is 14.8. The van der Waals surface area contributed by atoms with E-state index >= 15 is 0 Å². The lowest BCUT2D eigenvalue weighted by Gasteiger charge is -2.29. The number of piperidine rings is 1. The quantitative estimate of drug-likeness (QED) is 0.764. The van der Waals surface area contributed by atoms with Crippen molar-refractivity contribution >= 4 is 15.9 Å². The molecule has 7 nitrogen and oxygen atoms in total. The van der Waals surface area contributed by atoms with Crippen LogP contribution in [0.3, 0.4) is 0 Å². The lowest BCUT2D eigenvalue weighted by molar-refractivity contribution is 0.0939. The van der Waals surface area contributed by atoms with Crippen LogP contribution in [0.1, 0.15) is 48.7 Å². The summed E-state index contributed by atoms with van der Waals surface area (Å²) in [4.78, 5) is 12.9. The average molecular weight is 445 g/mol. The molecule has 1 N–H and O–H groups in total. The largest absolute Gasteiger partial charge is 0.486 e. The van der Waals surface area contributed by atoms with Gasteiger partial charge in [0.05, 0.1) is 10.9 Å². The number of carbonyl (C=O) groups is 1. The molecule has 2 aliphatic heterocycles. The van der Waals surface area contributed by atoms with Crippen molar-refractivity contribution in [2.75, 3.05) is 26.3 Å². The van der Waals surface area contributed by atoms with Crippen molar-refractivity contribution < 1.29 is 22.7 Å². The second-order valence-corrected chi connectivity index (χ2v) is 10.1. The Morgan fingerprint density at radius 1 is 1.03 bits per heavy atom. The van der Waals surface area contributed by atoms with Crippen LogP contribution in [0, 0.1) is 5.92 Å². The van der Waals surface area contributed by atoms with E-state index < -0.39 is 10.0 Å². The van der Waals surface area contributed by atoms with E-state index in [1.807, 2.05) is 25.1 Å². The van der Waals surface area contributed by atoms with Crippen molar-refractivity contribution in [2.24, 2.45) is 5.92 Å². The van der Waals surface area contributed by atoms with E-state index in [4.69, 9.17) is 9.47 Å². The van der Waals surface area contributed by atoms with E-state index in [2.05, 4.69) is 12.2 Å². The molecule has 166 valence electrons. The van der Waals surface area contributed by atoms with Crippen molar-refractivity contribution in [2.45, 2.75) is 37.6 Å². The molecule has 1 amide bonds. The maximum absolute atomic E-state index is 12.9. The third kappa shape index (κ3) is 4.70. The van der Waals surface area contributed by atoms with Crippen LogP contribution in [-0.4, -0.2) is 44.9 Å². The number of fused-ring (bicyclic) bond motifs is 1. The number of ether oxygens (including phenoxy) is 2. The molecule has 2 aliphatic rings. The summed E-state index contributed by atoms with van der Waals surface area (Å²) in [6.07, 6.45) is 1.74. The average Bonchev–Trinajstić information content (AvgIpc) is 2.79. The Hall–Kier alpha value is -2.58. The van der Waals surface area contributed by atoms with Gasteiger partial charge in [-0.2, -0.15) is 4.31 Å². The first-order valence-corrected chi connectivity index (χ1v) is 12.1. The molecule has 1 saturated heterocycles. The van der Waals surface area contributed by atoms with Gasteiger partial charge in [0.25, 0.3) is 5.91 Å². The smallest absolute Gasteiger partial charge is 0.251 e. The van der Waals surface area contributed by atoms with Crippen molar-refractivity contribution in [1.82, 2.24) is 9.62 Å². The van der Waals surface area contributed by atoms with Crippen molar-refractivity contribution in [1.29, 1.82) is 0 Å². The first-order valence-electron chi connectivity index (χ1n) is 10.7. The Morgan fingerprint density at radius 2 is 1.68 bits per heavy atom. The Labute approximate surface area is 183 Å². The Bertz CT molecular complexity index is 1040. The number of rotatable bonds is 5. The molecule has 0 aliphatic carbocycles. The molecule has 31 heavy (non-hydrogen) atoms. The van der Waals surface area contributed by atoms with Gasteiger partial charge in [-0.1, -0.05) is 13.0 Å².